The van der Waals surface area contributed by atoms with Gasteiger partial charge in [0.15, 0.2) is 0 Å². The second-order valence-corrected chi connectivity index (χ2v) is 6.53. The van der Waals surface area contributed by atoms with Gasteiger partial charge in [-0.1, -0.05) is 43.5 Å². The largest absolute Gasteiger partial charge is 0.352 e. The lowest BCUT2D eigenvalue weighted by Crippen LogP contribution is -2.54. The molecule has 2 rings (SSSR count). The smallest absolute Gasteiger partial charge is 0.239 e. The van der Waals surface area contributed by atoms with E-state index in [4.69, 9.17) is 28.9 Å². The Bertz CT molecular complexity index is 535. The summed E-state index contributed by atoms with van der Waals surface area (Å²) in [6.07, 6.45) is 2.48. The molecule has 2 atom stereocenters. The molecule has 1 fully saturated rings. The molecule has 1 aliphatic rings. The van der Waals surface area contributed by atoms with Crippen LogP contribution < -0.4 is 10.6 Å². The number of nitrogens with two attached hydrogens (primary N) is 1. The van der Waals surface area contributed by atoms with E-state index in [-0.39, 0.29) is 24.2 Å². The third kappa shape index (κ3) is 4.86. The van der Waals surface area contributed by atoms with Gasteiger partial charge in [0.25, 0.3) is 0 Å². The molecule has 0 bridgehead atoms. The SMILES string of the molecule is CCC(C)C(N)C(=O)N1CCN(c2ncc(Cl)cc2Cl)CC1.Cl. The molecule has 2 unspecified atom stereocenters. The molecule has 1 aliphatic heterocycles. The standard InChI is InChI=1S/C15H22Cl2N4O.ClH/c1-3-10(2)13(18)15(22)21-6-4-20(5-7-21)14-12(17)8-11(16)9-19-14;/h8-10,13H,3-7,18H2,1-2H3;1H. The van der Waals surface area contributed by atoms with Crippen molar-refractivity contribution in [2.24, 2.45) is 11.7 Å². The Morgan fingerprint density at radius 2 is 1.96 bits per heavy atom. The molecule has 23 heavy (non-hydrogen) atoms. The number of pyridine rings is 1. The molecule has 2 heterocycles. The van der Waals surface area contributed by atoms with Crippen LogP contribution in [0.3, 0.4) is 0 Å². The first-order valence-corrected chi connectivity index (χ1v) is 8.30. The summed E-state index contributed by atoms with van der Waals surface area (Å²) in [6, 6.07) is 1.26. The van der Waals surface area contributed by atoms with Gasteiger partial charge in [-0.15, -0.1) is 12.4 Å². The normalized spacial score (nSPS) is 17.4. The maximum Gasteiger partial charge on any atom is 0.239 e. The second kappa shape index (κ2) is 8.92. The van der Waals surface area contributed by atoms with Gasteiger partial charge in [0.2, 0.25) is 5.91 Å². The average molecular weight is 382 g/mol. The van der Waals surface area contributed by atoms with E-state index in [0.29, 0.717) is 42.0 Å². The summed E-state index contributed by atoms with van der Waals surface area (Å²) in [5, 5.41) is 1.05. The molecule has 0 saturated carbocycles. The number of nitrogens with zero attached hydrogens (tertiary/aromatic N) is 3. The third-order valence-corrected chi connectivity index (χ3v) is 4.71. The van der Waals surface area contributed by atoms with Gasteiger partial charge in [0.05, 0.1) is 16.1 Å². The lowest BCUT2D eigenvalue weighted by atomic mass is 9.98. The predicted molar refractivity (Wildman–Crippen MR) is 97.7 cm³/mol. The lowest BCUT2D eigenvalue weighted by molar-refractivity contribution is -0.134. The van der Waals surface area contributed by atoms with E-state index in [0.717, 1.165) is 6.42 Å². The summed E-state index contributed by atoms with van der Waals surface area (Å²) in [4.78, 5) is 20.6. The van der Waals surface area contributed by atoms with Gasteiger partial charge in [0, 0.05) is 32.4 Å². The first-order chi connectivity index (χ1) is 10.4. The van der Waals surface area contributed by atoms with E-state index < -0.39 is 6.04 Å². The van der Waals surface area contributed by atoms with Crippen molar-refractivity contribution in [3.05, 3.63) is 22.3 Å². The van der Waals surface area contributed by atoms with E-state index in [1.165, 1.54) is 0 Å². The highest BCUT2D eigenvalue weighted by atomic mass is 35.5. The fourth-order valence-corrected chi connectivity index (χ4v) is 2.99. The molecule has 5 nitrogen and oxygen atoms in total. The number of aromatic nitrogens is 1. The minimum absolute atomic E-state index is 0. The van der Waals surface area contributed by atoms with Crippen LogP contribution in [0.2, 0.25) is 10.0 Å². The van der Waals surface area contributed by atoms with Crippen LogP contribution >= 0.6 is 35.6 Å². The van der Waals surface area contributed by atoms with Crippen molar-refractivity contribution in [3.8, 4) is 0 Å². The summed E-state index contributed by atoms with van der Waals surface area (Å²) in [5.41, 5.74) is 6.04. The van der Waals surface area contributed by atoms with E-state index in [1.807, 2.05) is 18.7 Å². The maximum absolute atomic E-state index is 12.4. The van der Waals surface area contributed by atoms with E-state index >= 15 is 0 Å². The third-order valence-electron chi connectivity index (χ3n) is 4.22. The molecule has 1 amide bonds. The average Bonchev–Trinajstić information content (AvgIpc) is 2.53. The van der Waals surface area contributed by atoms with Crippen molar-refractivity contribution >= 4 is 47.3 Å². The monoisotopic (exact) mass is 380 g/mol. The first-order valence-electron chi connectivity index (χ1n) is 7.54. The number of hydrogen-bond acceptors (Lipinski definition) is 4. The quantitative estimate of drug-likeness (QED) is 0.871. The number of amides is 1. The van der Waals surface area contributed by atoms with Gasteiger partial charge < -0.3 is 15.5 Å². The predicted octanol–water partition coefficient (Wildman–Crippen LogP) is 2.83. The van der Waals surface area contributed by atoms with Crippen LogP contribution in [0, 0.1) is 5.92 Å². The van der Waals surface area contributed by atoms with Crippen molar-refractivity contribution in [1.29, 1.82) is 0 Å². The summed E-state index contributed by atoms with van der Waals surface area (Å²) < 4.78 is 0. The van der Waals surface area contributed by atoms with Gasteiger partial charge >= 0.3 is 0 Å². The Morgan fingerprint density at radius 3 is 2.48 bits per heavy atom. The molecule has 1 aromatic heterocycles. The highest BCUT2D eigenvalue weighted by Gasteiger charge is 2.28. The fourth-order valence-electron chi connectivity index (χ4n) is 2.49. The molecular formula is C15H23Cl3N4O. The number of rotatable bonds is 4. The van der Waals surface area contributed by atoms with Crippen molar-refractivity contribution in [2.45, 2.75) is 26.3 Å². The zero-order valence-corrected chi connectivity index (χ0v) is 15.7. The second-order valence-electron chi connectivity index (χ2n) is 5.68. The first kappa shape index (κ1) is 20.3. The van der Waals surface area contributed by atoms with Crippen LogP contribution in [0.4, 0.5) is 5.82 Å². The van der Waals surface area contributed by atoms with Crippen LogP contribution in [-0.2, 0) is 4.79 Å². The molecule has 0 aliphatic carbocycles. The lowest BCUT2D eigenvalue weighted by Gasteiger charge is -2.37. The zero-order chi connectivity index (χ0) is 16.3. The molecule has 8 heteroatoms. The fraction of sp³-hybridized carbons (Fsp3) is 0.600. The summed E-state index contributed by atoms with van der Waals surface area (Å²) in [6.45, 7) is 6.69. The highest BCUT2D eigenvalue weighted by molar-refractivity contribution is 6.36. The van der Waals surface area contributed by atoms with Gasteiger partial charge in [-0.05, 0) is 12.0 Å². The molecule has 0 aromatic carbocycles. The summed E-state index contributed by atoms with van der Waals surface area (Å²) >= 11 is 12.0. The molecule has 2 N–H and O–H groups in total. The number of carbonyl (C=O) groups excluding carboxylic acids is 1. The molecule has 0 spiro atoms. The van der Waals surface area contributed by atoms with E-state index in [1.54, 1.807) is 12.3 Å². The van der Waals surface area contributed by atoms with Crippen LogP contribution in [0.5, 0.6) is 0 Å². The summed E-state index contributed by atoms with van der Waals surface area (Å²) in [7, 11) is 0. The maximum atomic E-state index is 12.4. The number of carbonyl (C=O) groups is 1. The van der Waals surface area contributed by atoms with Gasteiger partial charge in [0.1, 0.15) is 5.82 Å². The van der Waals surface area contributed by atoms with E-state index in [9.17, 15) is 4.79 Å². The van der Waals surface area contributed by atoms with Gasteiger partial charge in [-0.2, -0.15) is 0 Å². The number of halogens is 3. The van der Waals surface area contributed by atoms with Crippen LogP contribution in [0.1, 0.15) is 20.3 Å². The van der Waals surface area contributed by atoms with Crippen molar-refractivity contribution in [2.75, 3.05) is 31.1 Å². The Labute approximate surface area is 153 Å². The van der Waals surface area contributed by atoms with E-state index in [2.05, 4.69) is 9.88 Å². The highest BCUT2D eigenvalue weighted by Crippen LogP contribution is 2.26. The minimum atomic E-state index is -0.422. The van der Waals surface area contributed by atoms with Crippen LogP contribution in [0.25, 0.3) is 0 Å². The van der Waals surface area contributed by atoms with Gasteiger partial charge in [-0.3, -0.25) is 4.79 Å². The number of hydrogen-bond donors (Lipinski definition) is 1. The summed E-state index contributed by atoms with van der Waals surface area (Å²) in [5.74, 6) is 0.937. The minimum Gasteiger partial charge on any atom is -0.352 e. The molecule has 0 radical (unpaired) electrons. The number of piperazine rings is 1. The van der Waals surface area contributed by atoms with Crippen molar-refractivity contribution < 1.29 is 4.79 Å². The van der Waals surface area contributed by atoms with Crippen LogP contribution in [-0.4, -0.2) is 48.0 Å². The van der Waals surface area contributed by atoms with Crippen LogP contribution in [0.15, 0.2) is 12.3 Å². The van der Waals surface area contributed by atoms with Gasteiger partial charge in [-0.25, -0.2) is 4.98 Å². The molecular weight excluding hydrogens is 359 g/mol. The Kier molecular flexibility index (Phi) is 7.87. The zero-order valence-electron chi connectivity index (χ0n) is 13.3. The van der Waals surface area contributed by atoms with Crippen molar-refractivity contribution in [1.82, 2.24) is 9.88 Å². The molecule has 1 saturated heterocycles. The Balaban J connectivity index is 0.00000264. The molecule has 1 aromatic rings. The molecule has 130 valence electrons. The Hall–Kier alpha value is -0.750. The van der Waals surface area contributed by atoms with Crippen molar-refractivity contribution in [3.63, 3.8) is 0 Å². The topological polar surface area (TPSA) is 62.5 Å². The number of anilines is 1. The Morgan fingerprint density at radius 1 is 1.35 bits per heavy atom.